The van der Waals surface area contributed by atoms with Crippen LogP contribution >= 0.6 is 0 Å². The molecule has 0 fully saturated rings. The minimum absolute atomic E-state index is 0.259. The van der Waals surface area contributed by atoms with Crippen molar-refractivity contribution in [1.29, 1.82) is 0 Å². The SMILES string of the molecule is NCc1cnc(C(=O)O)c(O)c1OC(F)(F)F. The molecule has 1 rings (SSSR count). The standard InChI is InChI=1S/C8H7F3N2O4/c9-8(10,11)17-6-3(1-12)2-13-4(5(6)14)7(15)16/h2,14H,1,12H2,(H,15,16). The molecular formula is C8H7F3N2O4. The first-order valence-electron chi connectivity index (χ1n) is 4.16. The highest BCUT2D eigenvalue weighted by Crippen LogP contribution is 2.36. The number of halogens is 3. The molecule has 17 heavy (non-hydrogen) atoms. The molecule has 1 aromatic heterocycles. The Balaban J connectivity index is 3.32. The largest absolute Gasteiger partial charge is 0.573 e. The van der Waals surface area contributed by atoms with Crippen LogP contribution in [0.3, 0.4) is 0 Å². The van der Waals surface area contributed by atoms with Crippen molar-refractivity contribution >= 4 is 5.97 Å². The lowest BCUT2D eigenvalue weighted by Gasteiger charge is -2.14. The summed E-state index contributed by atoms with van der Waals surface area (Å²) in [7, 11) is 0. The van der Waals surface area contributed by atoms with Crippen LogP contribution in [0.5, 0.6) is 11.5 Å². The van der Waals surface area contributed by atoms with Gasteiger partial charge in [0.1, 0.15) is 0 Å². The normalized spacial score (nSPS) is 11.3. The summed E-state index contributed by atoms with van der Waals surface area (Å²) in [4.78, 5) is 13.8. The minimum Gasteiger partial charge on any atom is -0.503 e. The van der Waals surface area contributed by atoms with E-state index in [1.807, 2.05) is 0 Å². The van der Waals surface area contributed by atoms with Gasteiger partial charge in [-0.3, -0.25) is 0 Å². The first kappa shape index (κ1) is 13.0. The highest BCUT2D eigenvalue weighted by atomic mass is 19.4. The van der Waals surface area contributed by atoms with Gasteiger partial charge in [0.25, 0.3) is 0 Å². The Bertz CT molecular complexity index is 447. The summed E-state index contributed by atoms with van der Waals surface area (Å²) in [5.41, 5.74) is 3.92. The maximum absolute atomic E-state index is 12.0. The molecule has 1 aromatic rings. The Labute approximate surface area is 92.4 Å². The van der Waals surface area contributed by atoms with Crippen LogP contribution in [0.2, 0.25) is 0 Å². The molecule has 0 unspecified atom stereocenters. The predicted molar refractivity (Wildman–Crippen MR) is 47.4 cm³/mol. The molecule has 0 amide bonds. The Morgan fingerprint density at radius 3 is 2.53 bits per heavy atom. The fourth-order valence-electron chi connectivity index (χ4n) is 1.05. The fourth-order valence-corrected chi connectivity index (χ4v) is 1.05. The Kier molecular flexibility index (Phi) is 3.42. The summed E-state index contributed by atoms with van der Waals surface area (Å²) in [5.74, 6) is -3.94. The van der Waals surface area contributed by atoms with Crippen molar-refractivity contribution in [3.8, 4) is 11.5 Å². The number of aromatic carboxylic acids is 1. The molecule has 0 aliphatic carbocycles. The summed E-state index contributed by atoms with van der Waals surface area (Å²) in [5, 5.41) is 17.9. The monoisotopic (exact) mass is 252 g/mol. The Hall–Kier alpha value is -2.03. The number of alkyl halides is 3. The number of carboxylic acids is 1. The average molecular weight is 252 g/mol. The zero-order valence-corrected chi connectivity index (χ0v) is 8.15. The van der Waals surface area contributed by atoms with E-state index in [9.17, 15) is 23.1 Å². The third-order valence-electron chi connectivity index (χ3n) is 1.72. The third-order valence-corrected chi connectivity index (χ3v) is 1.72. The van der Waals surface area contributed by atoms with E-state index < -0.39 is 36.1 Å². The van der Waals surface area contributed by atoms with Crippen molar-refractivity contribution < 1.29 is 32.9 Å². The van der Waals surface area contributed by atoms with Crippen molar-refractivity contribution in [1.82, 2.24) is 4.98 Å². The topological polar surface area (TPSA) is 106 Å². The number of nitrogens with zero attached hydrogens (tertiary/aromatic N) is 1. The molecule has 0 saturated heterocycles. The molecule has 4 N–H and O–H groups in total. The van der Waals surface area contributed by atoms with Gasteiger partial charge in [-0.25, -0.2) is 9.78 Å². The number of rotatable bonds is 3. The molecule has 0 aliphatic rings. The van der Waals surface area contributed by atoms with Crippen molar-refractivity contribution in [2.24, 2.45) is 5.73 Å². The van der Waals surface area contributed by atoms with Crippen LogP contribution in [0, 0.1) is 0 Å². The molecular weight excluding hydrogens is 245 g/mol. The number of carbonyl (C=O) groups is 1. The fraction of sp³-hybridized carbons (Fsp3) is 0.250. The van der Waals surface area contributed by atoms with Crippen molar-refractivity contribution in [3.05, 3.63) is 17.5 Å². The van der Waals surface area contributed by atoms with Gasteiger partial charge >= 0.3 is 12.3 Å². The van der Waals surface area contributed by atoms with Gasteiger partial charge in [0.05, 0.1) is 0 Å². The summed E-state index contributed by atoms with van der Waals surface area (Å²) < 4.78 is 39.6. The van der Waals surface area contributed by atoms with Crippen molar-refractivity contribution in [3.63, 3.8) is 0 Å². The number of pyridine rings is 1. The second-order valence-corrected chi connectivity index (χ2v) is 2.87. The Morgan fingerprint density at radius 1 is 1.53 bits per heavy atom. The zero-order chi connectivity index (χ0) is 13.2. The quantitative estimate of drug-likeness (QED) is 0.736. The van der Waals surface area contributed by atoms with E-state index in [1.165, 1.54) is 0 Å². The second-order valence-electron chi connectivity index (χ2n) is 2.87. The van der Waals surface area contributed by atoms with E-state index in [1.54, 1.807) is 0 Å². The third kappa shape index (κ3) is 2.97. The van der Waals surface area contributed by atoms with Gasteiger partial charge in [-0.2, -0.15) is 0 Å². The molecule has 0 atom stereocenters. The first-order valence-corrected chi connectivity index (χ1v) is 4.16. The van der Waals surface area contributed by atoms with Crippen LogP contribution in [-0.2, 0) is 6.54 Å². The summed E-state index contributed by atoms with van der Waals surface area (Å²) in [6, 6.07) is 0. The molecule has 0 bridgehead atoms. The molecule has 0 radical (unpaired) electrons. The molecule has 0 spiro atoms. The summed E-state index contributed by atoms with van der Waals surface area (Å²) >= 11 is 0. The van der Waals surface area contributed by atoms with Crippen LogP contribution in [-0.4, -0.2) is 27.5 Å². The highest BCUT2D eigenvalue weighted by Gasteiger charge is 2.34. The van der Waals surface area contributed by atoms with Gasteiger partial charge in [-0.1, -0.05) is 0 Å². The van der Waals surface area contributed by atoms with Gasteiger partial charge in [0.2, 0.25) is 0 Å². The Morgan fingerprint density at radius 2 is 2.12 bits per heavy atom. The zero-order valence-electron chi connectivity index (χ0n) is 8.15. The molecule has 94 valence electrons. The highest BCUT2D eigenvalue weighted by molar-refractivity contribution is 5.89. The number of ether oxygens (including phenoxy) is 1. The molecule has 0 aromatic carbocycles. The number of aromatic nitrogens is 1. The van der Waals surface area contributed by atoms with Crippen molar-refractivity contribution in [2.45, 2.75) is 12.9 Å². The lowest BCUT2D eigenvalue weighted by Crippen LogP contribution is -2.20. The van der Waals surface area contributed by atoms with E-state index >= 15 is 0 Å². The second kappa shape index (κ2) is 4.45. The van der Waals surface area contributed by atoms with Crippen LogP contribution in [0.4, 0.5) is 13.2 Å². The van der Waals surface area contributed by atoms with Crippen LogP contribution in [0.1, 0.15) is 16.1 Å². The lowest BCUT2D eigenvalue weighted by atomic mass is 10.2. The van der Waals surface area contributed by atoms with Crippen LogP contribution in [0.25, 0.3) is 0 Å². The number of hydrogen-bond donors (Lipinski definition) is 3. The lowest BCUT2D eigenvalue weighted by molar-refractivity contribution is -0.275. The number of nitrogens with two attached hydrogens (primary N) is 1. The predicted octanol–water partition coefficient (Wildman–Crippen LogP) is 0.843. The van der Waals surface area contributed by atoms with Gasteiger partial charge < -0.3 is 20.7 Å². The maximum Gasteiger partial charge on any atom is 0.573 e. The van der Waals surface area contributed by atoms with E-state index in [0.717, 1.165) is 6.20 Å². The minimum atomic E-state index is -5.07. The average Bonchev–Trinajstić information content (AvgIpc) is 2.18. The maximum atomic E-state index is 12.0. The smallest absolute Gasteiger partial charge is 0.503 e. The van der Waals surface area contributed by atoms with Crippen LogP contribution < -0.4 is 10.5 Å². The summed E-state index contributed by atoms with van der Waals surface area (Å²) in [6.07, 6.45) is -4.28. The van der Waals surface area contributed by atoms with E-state index in [4.69, 9.17) is 10.8 Å². The molecule has 6 nitrogen and oxygen atoms in total. The number of aromatic hydroxyl groups is 1. The van der Waals surface area contributed by atoms with Gasteiger partial charge in [0.15, 0.2) is 17.2 Å². The van der Waals surface area contributed by atoms with Crippen molar-refractivity contribution in [2.75, 3.05) is 0 Å². The first-order chi connectivity index (χ1) is 7.76. The van der Waals surface area contributed by atoms with Gasteiger partial charge in [0, 0.05) is 18.3 Å². The molecule has 0 aliphatic heterocycles. The number of hydrogen-bond acceptors (Lipinski definition) is 5. The van der Waals surface area contributed by atoms with E-state index in [-0.39, 0.29) is 5.56 Å². The van der Waals surface area contributed by atoms with Gasteiger partial charge in [-0.05, 0) is 0 Å². The molecule has 0 saturated carbocycles. The van der Waals surface area contributed by atoms with Gasteiger partial charge in [-0.15, -0.1) is 13.2 Å². The van der Waals surface area contributed by atoms with Crippen LogP contribution in [0.15, 0.2) is 6.20 Å². The van der Waals surface area contributed by atoms with E-state index in [0.29, 0.717) is 0 Å². The summed E-state index contributed by atoms with van der Waals surface area (Å²) in [6.45, 7) is -0.397. The van der Waals surface area contributed by atoms with E-state index in [2.05, 4.69) is 9.72 Å². The molecule has 9 heteroatoms. The molecule has 1 heterocycles. The number of carboxylic acid groups (broad SMARTS) is 1.